The summed E-state index contributed by atoms with van der Waals surface area (Å²) in [6.07, 6.45) is 5.43. The summed E-state index contributed by atoms with van der Waals surface area (Å²) in [7, 11) is 3.12. The highest BCUT2D eigenvalue weighted by atomic mass is 35.5. The van der Waals surface area contributed by atoms with Crippen molar-refractivity contribution in [1.29, 1.82) is 0 Å². The van der Waals surface area contributed by atoms with Gasteiger partial charge in [0.25, 0.3) is 5.91 Å². The topological polar surface area (TPSA) is 135 Å². The van der Waals surface area contributed by atoms with Crippen molar-refractivity contribution < 1.29 is 34.0 Å². The van der Waals surface area contributed by atoms with Gasteiger partial charge in [-0.25, -0.2) is 4.98 Å². The van der Waals surface area contributed by atoms with Gasteiger partial charge in [-0.2, -0.15) is 0 Å². The number of ether oxygens (including phenoxy) is 3. The Balaban J connectivity index is 0.00000288. The van der Waals surface area contributed by atoms with E-state index in [1.807, 2.05) is 39.8 Å². The molecule has 1 aliphatic carbocycles. The van der Waals surface area contributed by atoms with Gasteiger partial charge in [0.15, 0.2) is 17.2 Å². The molecule has 0 spiro atoms. The SMILES string of the molecule is COC[C@]1(O)CCCC[C@H]1n1cnc(C(=O)N2CCNC[C@H]2CCOc2ccc(CC(=O)O)cc2OC)c1-c1ccccc1.Cl.Cl. The minimum Gasteiger partial charge on any atom is -0.493 e. The Labute approximate surface area is 282 Å². The Kier molecular flexibility index (Phi) is 13.7. The third-order valence-corrected chi connectivity index (χ3v) is 8.63. The molecule has 3 atom stereocenters. The summed E-state index contributed by atoms with van der Waals surface area (Å²) in [4.78, 5) is 31.9. The van der Waals surface area contributed by atoms with E-state index in [0.717, 1.165) is 24.8 Å². The third kappa shape index (κ3) is 8.32. The van der Waals surface area contributed by atoms with E-state index in [-0.39, 0.29) is 55.8 Å². The summed E-state index contributed by atoms with van der Waals surface area (Å²) in [6.45, 7) is 2.34. The van der Waals surface area contributed by atoms with Gasteiger partial charge in [0, 0.05) is 44.8 Å². The molecule has 1 amide bonds. The van der Waals surface area contributed by atoms with Crippen LogP contribution < -0.4 is 14.8 Å². The van der Waals surface area contributed by atoms with E-state index in [1.165, 1.54) is 7.11 Å². The Morgan fingerprint density at radius 2 is 1.87 bits per heavy atom. The van der Waals surface area contributed by atoms with Crippen molar-refractivity contribution >= 4 is 36.7 Å². The van der Waals surface area contributed by atoms with Crippen LogP contribution in [0.1, 0.15) is 54.2 Å². The standard InChI is InChI=1S/C33H42N4O7.2ClH/c1-42-21-33(41)14-7-6-10-28(33)37-22-35-30(31(37)24-8-4-3-5-9-24)32(40)36-16-15-34-20-25(36)13-17-44-26-12-11-23(19-29(38)39)18-27(26)43-2;;/h3-5,8-9,11-12,18,22,25,28,34,41H,6-7,10,13-17,19-21H2,1-2H3,(H,38,39);2*1H/t25-,28-,33-;;/m1../s1. The maximum Gasteiger partial charge on any atom is 0.307 e. The van der Waals surface area contributed by atoms with Crippen molar-refractivity contribution in [3.63, 3.8) is 0 Å². The number of halogens is 2. The molecular formula is C33H44Cl2N4O7. The molecule has 1 saturated carbocycles. The van der Waals surface area contributed by atoms with E-state index in [2.05, 4.69) is 5.32 Å². The van der Waals surface area contributed by atoms with E-state index in [4.69, 9.17) is 24.3 Å². The third-order valence-electron chi connectivity index (χ3n) is 8.63. The number of carboxylic acid groups (broad SMARTS) is 1. The van der Waals surface area contributed by atoms with Gasteiger partial charge in [0.1, 0.15) is 5.60 Å². The number of methoxy groups -OCH3 is 2. The van der Waals surface area contributed by atoms with E-state index < -0.39 is 11.6 Å². The molecule has 0 unspecified atom stereocenters. The summed E-state index contributed by atoms with van der Waals surface area (Å²) in [6, 6.07) is 14.5. The predicted octanol–water partition coefficient (Wildman–Crippen LogP) is 4.41. The average molecular weight is 680 g/mol. The van der Waals surface area contributed by atoms with Crippen LogP contribution in [0, 0.1) is 0 Å². The van der Waals surface area contributed by atoms with Crippen LogP contribution in [0.4, 0.5) is 0 Å². The first kappa shape index (κ1) is 37.1. The smallest absolute Gasteiger partial charge is 0.307 e. The molecule has 1 saturated heterocycles. The van der Waals surface area contributed by atoms with Crippen LogP contribution in [0.3, 0.4) is 0 Å². The molecule has 2 heterocycles. The maximum absolute atomic E-state index is 14.3. The Morgan fingerprint density at radius 1 is 1.09 bits per heavy atom. The van der Waals surface area contributed by atoms with Gasteiger partial charge in [0.2, 0.25) is 0 Å². The highest BCUT2D eigenvalue weighted by Crippen LogP contribution is 2.41. The molecule has 2 fully saturated rings. The number of aliphatic hydroxyl groups is 1. The number of carbonyl (C=O) groups excluding carboxylic acids is 1. The van der Waals surface area contributed by atoms with Crippen LogP contribution in [-0.4, -0.2) is 95.3 Å². The van der Waals surface area contributed by atoms with Crippen molar-refractivity contribution in [2.75, 3.05) is 47.1 Å². The molecule has 252 valence electrons. The second-order valence-corrected chi connectivity index (χ2v) is 11.6. The van der Waals surface area contributed by atoms with Gasteiger partial charge < -0.3 is 39.2 Å². The molecule has 1 aromatic heterocycles. The number of carboxylic acids is 1. The molecule has 2 aromatic carbocycles. The lowest BCUT2D eigenvalue weighted by Gasteiger charge is -2.41. The number of nitrogens with one attached hydrogen (secondary N) is 1. The predicted molar refractivity (Wildman–Crippen MR) is 179 cm³/mol. The molecule has 2 aliphatic rings. The van der Waals surface area contributed by atoms with Crippen LogP contribution >= 0.6 is 24.8 Å². The van der Waals surface area contributed by atoms with E-state index in [9.17, 15) is 14.7 Å². The highest BCUT2D eigenvalue weighted by Gasteiger charge is 2.42. The van der Waals surface area contributed by atoms with Gasteiger partial charge in [-0.05, 0) is 30.5 Å². The summed E-state index contributed by atoms with van der Waals surface area (Å²) in [5.74, 6) is -0.0900. The summed E-state index contributed by atoms with van der Waals surface area (Å²) in [5, 5.41) is 24.1. The first-order valence-corrected chi connectivity index (χ1v) is 15.2. The van der Waals surface area contributed by atoms with Crippen LogP contribution in [-0.2, 0) is 16.0 Å². The molecule has 3 N–H and O–H groups in total. The van der Waals surface area contributed by atoms with Crippen LogP contribution in [0.5, 0.6) is 11.5 Å². The molecule has 1 aliphatic heterocycles. The molecule has 5 rings (SSSR count). The van der Waals surface area contributed by atoms with Crippen LogP contribution in [0.2, 0.25) is 0 Å². The fraction of sp³-hybridized carbons (Fsp3) is 0.485. The maximum atomic E-state index is 14.3. The molecule has 13 heteroatoms. The van der Waals surface area contributed by atoms with Crippen LogP contribution in [0.15, 0.2) is 54.9 Å². The molecule has 46 heavy (non-hydrogen) atoms. The number of amides is 1. The van der Waals surface area contributed by atoms with Crippen molar-refractivity contribution in [3.8, 4) is 22.8 Å². The lowest BCUT2D eigenvalue weighted by molar-refractivity contribution is -0.136. The van der Waals surface area contributed by atoms with Crippen molar-refractivity contribution in [3.05, 3.63) is 66.1 Å². The molecule has 0 radical (unpaired) electrons. The monoisotopic (exact) mass is 678 g/mol. The number of piperazine rings is 1. The van der Waals surface area contributed by atoms with Crippen LogP contribution in [0.25, 0.3) is 11.3 Å². The van der Waals surface area contributed by atoms with Gasteiger partial charge in [-0.1, -0.05) is 49.2 Å². The van der Waals surface area contributed by atoms with E-state index in [0.29, 0.717) is 67.5 Å². The molecule has 3 aromatic rings. The summed E-state index contributed by atoms with van der Waals surface area (Å²) < 4.78 is 18.9. The largest absolute Gasteiger partial charge is 0.493 e. The number of aromatic nitrogens is 2. The van der Waals surface area contributed by atoms with Gasteiger partial charge in [-0.3, -0.25) is 9.59 Å². The fourth-order valence-electron chi connectivity index (χ4n) is 6.50. The second kappa shape index (κ2) is 17.0. The minimum absolute atomic E-state index is 0. The molecule has 0 bridgehead atoms. The number of nitrogens with zero attached hydrogens (tertiary/aromatic N) is 3. The average Bonchev–Trinajstić information content (AvgIpc) is 3.46. The zero-order valence-electron chi connectivity index (χ0n) is 26.2. The lowest BCUT2D eigenvalue weighted by Crippen LogP contribution is -2.54. The van der Waals surface area contributed by atoms with E-state index in [1.54, 1.807) is 31.6 Å². The number of benzene rings is 2. The van der Waals surface area contributed by atoms with Gasteiger partial charge in [0.05, 0.1) is 44.8 Å². The fourth-order valence-corrected chi connectivity index (χ4v) is 6.50. The first-order chi connectivity index (χ1) is 21.3. The van der Waals surface area contributed by atoms with E-state index >= 15 is 0 Å². The summed E-state index contributed by atoms with van der Waals surface area (Å²) >= 11 is 0. The number of hydrogen-bond acceptors (Lipinski definition) is 8. The molecular weight excluding hydrogens is 635 g/mol. The first-order valence-electron chi connectivity index (χ1n) is 15.2. The van der Waals surface area contributed by atoms with Gasteiger partial charge in [-0.15, -0.1) is 24.8 Å². The van der Waals surface area contributed by atoms with Crippen molar-refractivity contribution in [2.24, 2.45) is 0 Å². The number of carbonyl (C=O) groups is 2. The zero-order valence-corrected chi connectivity index (χ0v) is 27.9. The Bertz CT molecular complexity index is 1440. The number of aliphatic carboxylic acids is 1. The number of hydrogen-bond donors (Lipinski definition) is 3. The normalized spacial score (nSPS) is 21.1. The Morgan fingerprint density at radius 3 is 2.59 bits per heavy atom. The number of imidazole rings is 1. The highest BCUT2D eigenvalue weighted by molar-refractivity contribution is 5.98. The number of rotatable bonds is 12. The lowest BCUT2D eigenvalue weighted by atomic mass is 9.80. The zero-order chi connectivity index (χ0) is 31.1. The quantitative estimate of drug-likeness (QED) is 0.255. The summed E-state index contributed by atoms with van der Waals surface area (Å²) in [5.41, 5.74) is 1.51. The second-order valence-electron chi connectivity index (χ2n) is 11.6. The Hall–Kier alpha value is -3.35. The van der Waals surface area contributed by atoms with Crippen molar-refractivity contribution in [2.45, 2.75) is 56.2 Å². The minimum atomic E-state index is -1.06. The van der Waals surface area contributed by atoms with Crippen molar-refractivity contribution in [1.82, 2.24) is 19.8 Å². The van der Waals surface area contributed by atoms with Gasteiger partial charge >= 0.3 is 5.97 Å². The molecule has 11 nitrogen and oxygen atoms in total.